The first-order valence-corrected chi connectivity index (χ1v) is 10.9. The molecule has 1 N–H and O–H groups in total. The molecule has 1 amide bonds. The maximum Gasteiger partial charge on any atom is 0.243 e. The minimum atomic E-state index is -3.56. The Balaban J connectivity index is 1.58. The summed E-state index contributed by atoms with van der Waals surface area (Å²) < 4.78 is 32.1. The number of amides is 1. The van der Waals surface area contributed by atoms with Gasteiger partial charge in [0.1, 0.15) is 5.75 Å². The summed E-state index contributed by atoms with van der Waals surface area (Å²) in [5.74, 6) is 0.375. The third-order valence-electron chi connectivity index (χ3n) is 5.15. The molecule has 0 radical (unpaired) electrons. The van der Waals surface area contributed by atoms with Gasteiger partial charge in [0.2, 0.25) is 15.9 Å². The zero-order chi connectivity index (χ0) is 20.1. The minimum Gasteiger partial charge on any atom is -0.497 e. The lowest BCUT2D eigenvalue weighted by Crippen LogP contribution is -2.41. The zero-order valence-electron chi connectivity index (χ0n) is 16.2. The summed E-state index contributed by atoms with van der Waals surface area (Å²) in [6, 6.07) is 14.2. The van der Waals surface area contributed by atoms with Crippen molar-refractivity contribution in [2.45, 2.75) is 31.1 Å². The van der Waals surface area contributed by atoms with Crippen LogP contribution in [-0.4, -0.2) is 38.8 Å². The van der Waals surface area contributed by atoms with Crippen molar-refractivity contribution in [2.75, 3.05) is 25.5 Å². The number of sulfonamides is 1. The van der Waals surface area contributed by atoms with Gasteiger partial charge in [-0.25, -0.2) is 8.42 Å². The number of benzene rings is 2. The molecule has 0 atom stereocenters. The molecule has 1 heterocycles. The van der Waals surface area contributed by atoms with Gasteiger partial charge in [-0.2, -0.15) is 4.31 Å². The van der Waals surface area contributed by atoms with Gasteiger partial charge in [-0.15, -0.1) is 0 Å². The predicted molar refractivity (Wildman–Crippen MR) is 109 cm³/mol. The van der Waals surface area contributed by atoms with Crippen LogP contribution >= 0.6 is 0 Å². The molecule has 150 valence electrons. The Hall–Kier alpha value is -2.38. The number of carbonyl (C=O) groups excluding carboxylic acids is 1. The van der Waals surface area contributed by atoms with Crippen LogP contribution in [0.4, 0.5) is 5.69 Å². The quantitative estimate of drug-likeness (QED) is 0.804. The van der Waals surface area contributed by atoms with Crippen molar-refractivity contribution in [2.24, 2.45) is 5.92 Å². The molecule has 6 nitrogen and oxygen atoms in total. The molecular formula is C21H26N2O4S. The number of methoxy groups -OCH3 is 1. The maximum absolute atomic E-state index is 12.8. The van der Waals surface area contributed by atoms with Crippen molar-refractivity contribution in [1.29, 1.82) is 0 Å². The molecule has 1 fully saturated rings. The van der Waals surface area contributed by atoms with E-state index in [-0.39, 0.29) is 16.7 Å². The number of carbonyl (C=O) groups is 1. The minimum absolute atomic E-state index is 0.0502. The number of ether oxygens (including phenoxy) is 1. The monoisotopic (exact) mass is 402 g/mol. The number of hydrogen-bond donors (Lipinski definition) is 1. The van der Waals surface area contributed by atoms with Gasteiger partial charge in [0.25, 0.3) is 0 Å². The smallest absolute Gasteiger partial charge is 0.243 e. The number of nitrogens with one attached hydrogen (secondary N) is 1. The van der Waals surface area contributed by atoms with Gasteiger partial charge in [-0.3, -0.25) is 4.79 Å². The predicted octanol–water partition coefficient (Wildman–Crippen LogP) is 3.30. The normalized spacial score (nSPS) is 15.9. The molecule has 0 aromatic heterocycles. The van der Waals surface area contributed by atoms with Crippen LogP contribution < -0.4 is 10.1 Å². The van der Waals surface area contributed by atoms with E-state index in [2.05, 4.69) is 12.2 Å². The number of piperidine rings is 1. The SMILES string of the molecule is CCc1ccc(NC(=O)C2CCN(S(=O)(=O)c3ccc(OC)cc3)CC2)cc1. The van der Waals surface area contributed by atoms with Crippen molar-refractivity contribution >= 4 is 21.6 Å². The summed E-state index contributed by atoms with van der Waals surface area (Å²) in [7, 11) is -2.02. The molecule has 0 saturated carbocycles. The van der Waals surface area contributed by atoms with E-state index in [1.54, 1.807) is 24.3 Å². The third-order valence-corrected chi connectivity index (χ3v) is 7.06. The highest BCUT2D eigenvalue weighted by atomic mass is 32.2. The van der Waals surface area contributed by atoms with Crippen molar-refractivity contribution in [3.8, 4) is 5.75 Å². The van der Waals surface area contributed by atoms with Gasteiger partial charge in [0.05, 0.1) is 12.0 Å². The second kappa shape index (κ2) is 8.75. The molecule has 3 rings (SSSR count). The second-order valence-electron chi connectivity index (χ2n) is 6.89. The Kier molecular flexibility index (Phi) is 6.36. The van der Waals surface area contributed by atoms with Gasteiger partial charge in [0, 0.05) is 24.7 Å². The highest BCUT2D eigenvalue weighted by molar-refractivity contribution is 7.89. The lowest BCUT2D eigenvalue weighted by molar-refractivity contribution is -0.120. The highest BCUT2D eigenvalue weighted by Crippen LogP contribution is 2.26. The van der Waals surface area contributed by atoms with Crippen LogP contribution in [0.15, 0.2) is 53.4 Å². The van der Waals surface area contributed by atoms with E-state index in [9.17, 15) is 13.2 Å². The molecule has 0 aliphatic carbocycles. The lowest BCUT2D eigenvalue weighted by Gasteiger charge is -2.30. The summed E-state index contributed by atoms with van der Waals surface area (Å²) in [4.78, 5) is 12.8. The lowest BCUT2D eigenvalue weighted by atomic mass is 9.97. The molecule has 1 saturated heterocycles. The van der Waals surface area contributed by atoms with Crippen molar-refractivity contribution in [3.05, 3.63) is 54.1 Å². The molecule has 1 aliphatic heterocycles. The Bertz CT molecular complexity index is 900. The summed E-state index contributed by atoms with van der Waals surface area (Å²) >= 11 is 0. The Morgan fingerprint density at radius 1 is 1.07 bits per heavy atom. The fourth-order valence-electron chi connectivity index (χ4n) is 3.32. The zero-order valence-corrected chi connectivity index (χ0v) is 17.0. The van der Waals surface area contributed by atoms with Crippen molar-refractivity contribution in [3.63, 3.8) is 0 Å². The topological polar surface area (TPSA) is 75.7 Å². The van der Waals surface area contributed by atoms with E-state index >= 15 is 0 Å². The van der Waals surface area contributed by atoms with Crippen LogP contribution in [0.2, 0.25) is 0 Å². The Labute approximate surface area is 166 Å². The third kappa shape index (κ3) is 4.54. The summed E-state index contributed by atoms with van der Waals surface area (Å²) in [6.07, 6.45) is 1.97. The molecular weight excluding hydrogens is 376 g/mol. The first-order valence-electron chi connectivity index (χ1n) is 9.48. The molecule has 0 spiro atoms. The average Bonchev–Trinajstić information content (AvgIpc) is 2.74. The molecule has 1 aliphatic rings. The fourth-order valence-corrected chi connectivity index (χ4v) is 4.79. The van der Waals surface area contributed by atoms with Gasteiger partial charge in [0.15, 0.2) is 0 Å². The summed E-state index contributed by atoms with van der Waals surface area (Å²) in [5.41, 5.74) is 1.99. The van der Waals surface area contributed by atoms with Crippen LogP contribution in [0.5, 0.6) is 5.75 Å². The fraction of sp³-hybridized carbons (Fsp3) is 0.381. The van der Waals surface area contributed by atoms with E-state index in [4.69, 9.17) is 4.74 Å². The molecule has 2 aromatic carbocycles. The largest absolute Gasteiger partial charge is 0.497 e. The van der Waals surface area contributed by atoms with Gasteiger partial charge < -0.3 is 10.1 Å². The van der Waals surface area contributed by atoms with Gasteiger partial charge in [-0.05, 0) is 61.2 Å². The summed E-state index contributed by atoms with van der Waals surface area (Å²) in [5, 5.41) is 2.94. The molecule has 28 heavy (non-hydrogen) atoms. The number of aryl methyl sites for hydroxylation is 1. The van der Waals surface area contributed by atoms with Crippen LogP contribution in [0.3, 0.4) is 0 Å². The first-order chi connectivity index (χ1) is 13.4. The van der Waals surface area contributed by atoms with E-state index in [1.807, 2.05) is 24.3 Å². The van der Waals surface area contributed by atoms with Crippen LogP contribution in [0, 0.1) is 5.92 Å². The molecule has 2 aromatic rings. The number of hydrogen-bond acceptors (Lipinski definition) is 4. The van der Waals surface area contributed by atoms with E-state index in [1.165, 1.54) is 17.0 Å². The number of rotatable bonds is 6. The first kappa shape index (κ1) is 20.4. The van der Waals surface area contributed by atoms with Crippen LogP contribution in [-0.2, 0) is 21.2 Å². The number of anilines is 1. The number of nitrogens with zero attached hydrogens (tertiary/aromatic N) is 1. The Morgan fingerprint density at radius 2 is 1.68 bits per heavy atom. The standard InChI is InChI=1S/C21H26N2O4S/c1-3-16-4-6-18(7-5-16)22-21(24)17-12-14-23(15-13-17)28(25,26)20-10-8-19(27-2)9-11-20/h4-11,17H,3,12-15H2,1-2H3,(H,22,24). The van der Waals surface area contributed by atoms with Crippen molar-refractivity contribution in [1.82, 2.24) is 4.31 Å². The average molecular weight is 403 g/mol. The van der Waals surface area contributed by atoms with Crippen LogP contribution in [0.25, 0.3) is 0 Å². The van der Waals surface area contributed by atoms with E-state index in [0.29, 0.717) is 31.7 Å². The molecule has 0 bridgehead atoms. The van der Waals surface area contributed by atoms with E-state index in [0.717, 1.165) is 12.1 Å². The summed E-state index contributed by atoms with van der Waals surface area (Å²) in [6.45, 7) is 2.75. The molecule has 7 heteroatoms. The second-order valence-corrected chi connectivity index (χ2v) is 8.83. The molecule has 0 unspecified atom stereocenters. The maximum atomic E-state index is 12.8. The van der Waals surface area contributed by atoms with Crippen molar-refractivity contribution < 1.29 is 17.9 Å². The van der Waals surface area contributed by atoms with Crippen LogP contribution in [0.1, 0.15) is 25.3 Å². The van der Waals surface area contributed by atoms with Gasteiger partial charge >= 0.3 is 0 Å². The van der Waals surface area contributed by atoms with Gasteiger partial charge in [-0.1, -0.05) is 19.1 Å². The van der Waals surface area contributed by atoms with E-state index < -0.39 is 10.0 Å². The Morgan fingerprint density at radius 3 is 2.21 bits per heavy atom. The highest BCUT2D eigenvalue weighted by Gasteiger charge is 2.32.